The number of hydrogen-bond acceptors (Lipinski definition) is 5. The van der Waals surface area contributed by atoms with Crippen molar-refractivity contribution in [3.63, 3.8) is 0 Å². The monoisotopic (exact) mass is 431 g/mol. The van der Waals surface area contributed by atoms with E-state index in [-0.39, 0.29) is 23.7 Å². The van der Waals surface area contributed by atoms with Crippen LogP contribution in [0.1, 0.15) is 10.9 Å². The molecule has 1 atom stereocenters. The van der Waals surface area contributed by atoms with Crippen molar-refractivity contribution in [1.82, 2.24) is 25.4 Å². The molecular weight excluding hydrogens is 418 g/mol. The number of carbonyl (C=O) groups is 2. The Morgan fingerprint density at radius 1 is 1.23 bits per heavy atom. The Morgan fingerprint density at radius 2 is 2.00 bits per heavy atom. The molecule has 2 heterocycles. The lowest BCUT2D eigenvalue weighted by molar-refractivity contribution is -0.139. The number of fused-ring (bicyclic) bond motifs is 1. The Hall–Kier alpha value is -2.39. The molecule has 0 bridgehead atoms. The van der Waals surface area contributed by atoms with E-state index in [4.69, 9.17) is 0 Å². The topological polar surface area (TPSA) is 80.1 Å². The Morgan fingerprint density at radius 3 is 2.85 bits per heavy atom. The van der Waals surface area contributed by atoms with Crippen molar-refractivity contribution < 1.29 is 9.59 Å². The molecule has 1 aliphatic heterocycles. The summed E-state index contributed by atoms with van der Waals surface area (Å²) in [4.78, 5) is 24.8. The Balaban J connectivity index is 1.52. The normalized spacial score (nSPS) is 17.0. The van der Waals surface area contributed by atoms with Crippen molar-refractivity contribution in [2.24, 2.45) is 0 Å². The van der Waals surface area contributed by atoms with Gasteiger partial charge in [0.15, 0.2) is 0 Å². The van der Waals surface area contributed by atoms with Gasteiger partial charge in [0.05, 0.1) is 11.3 Å². The van der Waals surface area contributed by atoms with Gasteiger partial charge in [-0.2, -0.15) is 0 Å². The third-order valence-electron chi connectivity index (χ3n) is 4.00. The number of halogens is 1. The summed E-state index contributed by atoms with van der Waals surface area (Å²) in [6.07, 6.45) is 0. The Kier molecular flexibility index (Phi) is 4.64. The minimum absolute atomic E-state index is 0.0162. The smallest absolute Gasteiger partial charge is 0.260 e. The fourth-order valence-electron chi connectivity index (χ4n) is 2.79. The molecule has 2 amide bonds. The van der Waals surface area contributed by atoms with Crippen LogP contribution in [-0.4, -0.2) is 37.6 Å². The summed E-state index contributed by atoms with van der Waals surface area (Å²) in [6, 6.07) is 15.1. The number of carbonyl (C=O) groups excluding carboxylic acids is 2. The third kappa shape index (κ3) is 3.19. The van der Waals surface area contributed by atoms with Gasteiger partial charge in [0.1, 0.15) is 17.4 Å². The average Bonchev–Trinajstić information content (AvgIpc) is 3.20. The van der Waals surface area contributed by atoms with Crippen molar-refractivity contribution >= 4 is 50.5 Å². The highest BCUT2D eigenvalue weighted by Gasteiger charge is 2.35. The summed E-state index contributed by atoms with van der Waals surface area (Å²) in [6.45, 7) is -0.0162. The van der Waals surface area contributed by atoms with Crippen LogP contribution in [0.3, 0.4) is 0 Å². The molecule has 1 aliphatic rings. The lowest BCUT2D eigenvalue weighted by Gasteiger charge is -2.25. The lowest BCUT2D eigenvalue weighted by Crippen LogP contribution is -2.45. The van der Waals surface area contributed by atoms with Gasteiger partial charge in [0.2, 0.25) is 0 Å². The first kappa shape index (κ1) is 17.0. The van der Waals surface area contributed by atoms with E-state index in [9.17, 15) is 9.59 Å². The SMILES string of the molecule is O=C(Cn1nnc2ccccc21)NN1C(=O)CSC1c1ccccc1Br. The molecule has 3 aromatic rings. The predicted octanol–water partition coefficient (Wildman–Crippen LogP) is 2.50. The van der Waals surface area contributed by atoms with E-state index < -0.39 is 0 Å². The molecule has 26 heavy (non-hydrogen) atoms. The first-order valence-corrected chi connectivity index (χ1v) is 9.73. The molecule has 0 radical (unpaired) electrons. The highest BCUT2D eigenvalue weighted by atomic mass is 79.9. The largest absolute Gasteiger partial charge is 0.272 e. The molecule has 1 saturated heterocycles. The summed E-state index contributed by atoms with van der Waals surface area (Å²) in [5, 5.41) is 9.17. The average molecular weight is 432 g/mol. The zero-order valence-corrected chi connectivity index (χ0v) is 15.9. The summed E-state index contributed by atoms with van der Waals surface area (Å²) in [5.41, 5.74) is 5.15. The minimum atomic E-state index is -0.325. The van der Waals surface area contributed by atoms with Gasteiger partial charge in [-0.3, -0.25) is 15.0 Å². The molecule has 0 saturated carbocycles. The molecule has 0 spiro atoms. The van der Waals surface area contributed by atoms with Gasteiger partial charge < -0.3 is 0 Å². The number of nitrogens with one attached hydrogen (secondary N) is 1. The number of hydrogen-bond donors (Lipinski definition) is 1. The fraction of sp³-hybridized carbons (Fsp3) is 0.176. The van der Waals surface area contributed by atoms with E-state index >= 15 is 0 Å². The molecule has 1 fully saturated rings. The van der Waals surface area contributed by atoms with E-state index in [0.717, 1.165) is 21.1 Å². The Labute approximate surface area is 161 Å². The van der Waals surface area contributed by atoms with Crippen LogP contribution in [0.15, 0.2) is 53.0 Å². The summed E-state index contributed by atoms with van der Waals surface area (Å²) < 4.78 is 2.42. The highest BCUT2D eigenvalue weighted by molar-refractivity contribution is 9.10. The lowest BCUT2D eigenvalue weighted by atomic mass is 10.2. The first-order chi connectivity index (χ1) is 12.6. The molecule has 4 rings (SSSR count). The molecule has 0 aliphatic carbocycles. The second-order valence-electron chi connectivity index (χ2n) is 5.72. The third-order valence-corrected chi connectivity index (χ3v) is 5.91. The standard InChI is InChI=1S/C17H14BrN5O2S/c18-12-6-2-1-5-11(12)17-23(16(25)10-26-17)20-15(24)9-22-14-8-4-3-7-13(14)19-21-22/h1-8,17H,9-10H2,(H,20,24). The van der Waals surface area contributed by atoms with Crippen LogP contribution >= 0.6 is 27.7 Å². The Bertz CT molecular complexity index is 992. The van der Waals surface area contributed by atoms with Crippen LogP contribution in [0.2, 0.25) is 0 Å². The number of thioether (sulfide) groups is 1. The van der Waals surface area contributed by atoms with E-state index in [2.05, 4.69) is 31.7 Å². The van der Waals surface area contributed by atoms with E-state index in [0.29, 0.717) is 5.75 Å². The zero-order chi connectivity index (χ0) is 18.1. The molecule has 1 unspecified atom stereocenters. The summed E-state index contributed by atoms with van der Waals surface area (Å²) in [7, 11) is 0. The van der Waals surface area contributed by atoms with Crippen molar-refractivity contribution in [1.29, 1.82) is 0 Å². The van der Waals surface area contributed by atoms with Crippen molar-refractivity contribution in [3.8, 4) is 0 Å². The van der Waals surface area contributed by atoms with Crippen molar-refractivity contribution in [2.45, 2.75) is 11.9 Å². The number of para-hydroxylation sites is 1. The minimum Gasteiger partial charge on any atom is -0.272 e. The highest BCUT2D eigenvalue weighted by Crippen LogP contribution is 2.40. The van der Waals surface area contributed by atoms with E-state index in [1.165, 1.54) is 21.5 Å². The van der Waals surface area contributed by atoms with Gasteiger partial charge in [-0.1, -0.05) is 51.5 Å². The zero-order valence-electron chi connectivity index (χ0n) is 13.5. The summed E-state index contributed by atoms with van der Waals surface area (Å²) in [5.74, 6) is -0.139. The molecule has 9 heteroatoms. The van der Waals surface area contributed by atoms with Crippen LogP contribution in [-0.2, 0) is 16.1 Å². The molecule has 7 nitrogen and oxygen atoms in total. The van der Waals surface area contributed by atoms with Crippen LogP contribution in [0.25, 0.3) is 11.0 Å². The fourth-order valence-corrected chi connectivity index (χ4v) is 4.59. The maximum absolute atomic E-state index is 12.5. The van der Waals surface area contributed by atoms with E-state index in [1.54, 1.807) is 0 Å². The second kappa shape index (κ2) is 7.08. The number of rotatable bonds is 4. The quantitative estimate of drug-likeness (QED) is 0.686. The number of hydrazine groups is 1. The summed E-state index contributed by atoms with van der Waals surface area (Å²) >= 11 is 4.98. The van der Waals surface area contributed by atoms with Gasteiger partial charge in [-0.25, -0.2) is 9.69 Å². The van der Waals surface area contributed by atoms with Gasteiger partial charge in [-0.05, 0) is 18.2 Å². The van der Waals surface area contributed by atoms with Crippen LogP contribution < -0.4 is 5.43 Å². The van der Waals surface area contributed by atoms with Gasteiger partial charge in [0.25, 0.3) is 11.8 Å². The molecule has 1 aromatic heterocycles. The van der Waals surface area contributed by atoms with Gasteiger partial charge in [-0.15, -0.1) is 16.9 Å². The molecular formula is C17H14BrN5O2S. The van der Waals surface area contributed by atoms with Crippen molar-refractivity contribution in [3.05, 3.63) is 58.6 Å². The maximum atomic E-state index is 12.5. The van der Waals surface area contributed by atoms with Crippen LogP contribution in [0.5, 0.6) is 0 Å². The van der Waals surface area contributed by atoms with Crippen molar-refractivity contribution in [2.75, 3.05) is 5.75 Å². The number of nitrogens with zero attached hydrogens (tertiary/aromatic N) is 4. The predicted molar refractivity (Wildman–Crippen MR) is 102 cm³/mol. The molecule has 1 N–H and O–H groups in total. The number of amides is 2. The number of aromatic nitrogens is 3. The first-order valence-electron chi connectivity index (χ1n) is 7.89. The van der Waals surface area contributed by atoms with Gasteiger partial charge in [0, 0.05) is 10.0 Å². The van der Waals surface area contributed by atoms with Crippen LogP contribution in [0, 0.1) is 0 Å². The molecule has 132 valence electrons. The van der Waals surface area contributed by atoms with Crippen LogP contribution in [0.4, 0.5) is 0 Å². The second-order valence-corrected chi connectivity index (χ2v) is 7.64. The maximum Gasteiger partial charge on any atom is 0.260 e. The van der Waals surface area contributed by atoms with Gasteiger partial charge >= 0.3 is 0 Å². The molecule has 2 aromatic carbocycles. The number of benzene rings is 2. The van der Waals surface area contributed by atoms with E-state index in [1.807, 2.05) is 48.5 Å².